The van der Waals surface area contributed by atoms with Crippen LogP contribution in [0.2, 0.25) is 0 Å². The smallest absolute Gasteiger partial charge is 0.309 e. The summed E-state index contributed by atoms with van der Waals surface area (Å²) >= 11 is 0. The SMILES string of the molecule is CCC(O)=C1C(=O)CC(C(=O)OC)CC1=O. The van der Waals surface area contributed by atoms with E-state index in [4.69, 9.17) is 0 Å². The number of ketones is 2. The molecule has 1 aliphatic rings. The molecule has 0 aromatic rings. The lowest BCUT2D eigenvalue weighted by Crippen LogP contribution is -2.32. The van der Waals surface area contributed by atoms with E-state index in [0.717, 1.165) is 0 Å². The normalized spacial score (nSPS) is 20.9. The first-order valence-corrected chi connectivity index (χ1v) is 5.07. The molecule has 0 radical (unpaired) electrons. The molecule has 0 bridgehead atoms. The monoisotopic (exact) mass is 226 g/mol. The van der Waals surface area contributed by atoms with Gasteiger partial charge < -0.3 is 9.84 Å². The van der Waals surface area contributed by atoms with E-state index in [1.165, 1.54) is 7.11 Å². The third-order valence-corrected chi connectivity index (χ3v) is 2.58. The summed E-state index contributed by atoms with van der Waals surface area (Å²) in [6.45, 7) is 1.65. The Hall–Kier alpha value is -1.65. The predicted octanol–water partition coefficient (Wildman–Crippen LogP) is 0.930. The van der Waals surface area contributed by atoms with Crippen LogP contribution >= 0.6 is 0 Å². The van der Waals surface area contributed by atoms with Crippen LogP contribution in [0, 0.1) is 5.92 Å². The second-order valence-corrected chi connectivity index (χ2v) is 3.65. The van der Waals surface area contributed by atoms with Crippen LogP contribution in [0.1, 0.15) is 26.2 Å². The van der Waals surface area contributed by atoms with E-state index in [1.54, 1.807) is 6.92 Å². The number of carbonyl (C=O) groups is 3. The zero-order valence-corrected chi connectivity index (χ0v) is 9.28. The Labute approximate surface area is 93.1 Å². The first kappa shape index (κ1) is 12.4. The molecule has 0 aromatic carbocycles. The first-order chi connectivity index (χ1) is 7.51. The van der Waals surface area contributed by atoms with Crippen LogP contribution in [0.15, 0.2) is 11.3 Å². The number of ether oxygens (including phenoxy) is 1. The van der Waals surface area contributed by atoms with E-state index >= 15 is 0 Å². The molecule has 1 rings (SSSR count). The maximum Gasteiger partial charge on any atom is 0.309 e. The van der Waals surface area contributed by atoms with Gasteiger partial charge in [0.05, 0.1) is 18.6 Å². The third-order valence-electron chi connectivity index (χ3n) is 2.58. The summed E-state index contributed by atoms with van der Waals surface area (Å²) in [5.41, 5.74) is -0.150. The van der Waals surface area contributed by atoms with Crippen molar-refractivity contribution in [1.29, 1.82) is 0 Å². The van der Waals surface area contributed by atoms with E-state index in [9.17, 15) is 19.5 Å². The lowest BCUT2D eigenvalue weighted by molar-refractivity contribution is -0.149. The van der Waals surface area contributed by atoms with Crippen molar-refractivity contribution in [3.05, 3.63) is 11.3 Å². The van der Waals surface area contributed by atoms with Gasteiger partial charge in [0.2, 0.25) is 0 Å². The van der Waals surface area contributed by atoms with Gasteiger partial charge in [0.1, 0.15) is 5.76 Å². The summed E-state index contributed by atoms with van der Waals surface area (Å²) in [7, 11) is 1.21. The van der Waals surface area contributed by atoms with Crippen molar-refractivity contribution in [2.75, 3.05) is 7.11 Å². The summed E-state index contributed by atoms with van der Waals surface area (Å²) in [6, 6.07) is 0. The molecule has 16 heavy (non-hydrogen) atoms. The largest absolute Gasteiger partial charge is 0.511 e. The lowest BCUT2D eigenvalue weighted by atomic mass is 9.83. The van der Waals surface area contributed by atoms with Crippen LogP contribution in [0.5, 0.6) is 0 Å². The number of hydrogen-bond acceptors (Lipinski definition) is 5. The molecule has 0 saturated heterocycles. The number of rotatable bonds is 2. The van der Waals surface area contributed by atoms with E-state index in [1.807, 2.05) is 0 Å². The number of aliphatic hydroxyl groups is 1. The molecule has 1 N–H and O–H groups in total. The van der Waals surface area contributed by atoms with Gasteiger partial charge >= 0.3 is 5.97 Å². The average Bonchev–Trinajstić information content (AvgIpc) is 2.26. The molecular weight excluding hydrogens is 212 g/mol. The van der Waals surface area contributed by atoms with Gasteiger partial charge in [0.25, 0.3) is 0 Å². The Bertz CT molecular complexity index is 347. The van der Waals surface area contributed by atoms with Gasteiger partial charge in [-0.1, -0.05) is 6.92 Å². The van der Waals surface area contributed by atoms with Crippen LogP contribution < -0.4 is 0 Å². The van der Waals surface area contributed by atoms with Crippen molar-refractivity contribution in [2.24, 2.45) is 5.92 Å². The number of methoxy groups -OCH3 is 1. The van der Waals surface area contributed by atoms with E-state index in [0.29, 0.717) is 0 Å². The van der Waals surface area contributed by atoms with Gasteiger partial charge in [-0.2, -0.15) is 0 Å². The van der Waals surface area contributed by atoms with Crippen LogP contribution in [0.25, 0.3) is 0 Å². The van der Waals surface area contributed by atoms with Gasteiger partial charge in [-0.25, -0.2) is 0 Å². The molecule has 0 atom stereocenters. The van der Waals surface area contributed by atoms with Crippen LogP contribution in [-0.4, -0.2) is 29.8 Å². The fourth-order valence-electron chi connectivity index (χ4n) is 1.71. The summed E-state index contributed by atoms with van der Waals surface area (Å²) in [4.78, 5) is 34.4. The molecular formula is C11H14O5. The van der Waals surface area contributed by atoms with Gasteiger partial charge in [0, 0.05) is 19.3 Å². The molecule has 0 heterocycles. The Balaban J connectivity index is 2.92. The average molecular weight is 226 g/mol. The number of aliphatic hydroxyl groups excluding tert-OH is 1. The van der Waals surface area contributed by atoms with Gasteiger partial charge in [0.15, 0.2) is 11.6 Å². The molecule has 1 fully saturated rings. The minimum atomic E-state index is -0.710. The quantitative estimate of drug-likeness (QED) is 0.328. The minimum absolute atomic E-state index is 0.0716. The molecule has 5 heteroatoms. The fraction of sp³-hybridized carbons (Fsp3) is 0.545. The molecule has 5 nitrogen and oxygen atoms in total. The van der Waals surface area contributed by atoms with Crippen LogP contribution in [-0.2, 0) is 19.1 Å². The van der Waals surface area contributed by atoms with Gasteiger partial charge in [-0.15, -0.1) is 0 Å². The van der Waals surface area contributed by atoms with Crippen LogP contribution in [0.4, 0.5) is 0 Å². The molecule has 0 amide bonds. The second-order valence-electron chi connectivity index (χ2n) is 3.65. The van der Waals surface area contributed by atoms with E-state index in [2.05, 4.69) is 4.74 Å². The molecule has 0 aromatic heterocycles. The number of carbonyl (C=O) groups excluding carboxylic acids is 3. The number of esters is 1. The topological polar surface area (TPSA) is 80.7 Å². The highest BCUT2D eigenvalue weighted by atomic mass is 16.5. The molecule has 0 aliphatic heterocycles. The standard InChI is InChI=1S/C11H14O5/c1-3-7(12)10-8(13)4-6(5-9(10)14)11(15)16-2/h6,12H,3-5H2,1-2H3. The number of Topliss-reactive ketones (excluding diaryl/α,β-unsaturated/α-hetero) is 2. The van der Waals surface area contributed by atoms with Crippen molar-refractivity contribution in [3.63, 3.8) is 0 Å². The van der Waals surface area contributed by atoms with Crippen molar-refractivity contribution in [2.45, 2.75) is 26.2 Å². The highest BCUT2D eigenvalue weighted by Gasteiger charge is 2.36. The lowest BCUT2D eigenvalue weighted by Gasteiger charge is -2.20. The predicted molar refractivity (Wildman–Crippen MR) is 54.7 cm³/mol. The Kier molecular flexibility index (Phi) is 3.82. The molecule has 1 aliphatic carbocycles. The Morgan fingerprint density at radius 1 is 1.38 bits per heavy atom. The Morgan fingerprint density at radius 3 is 2.25 bits per heavy atom. The summed E-state index contributed by atoms with van der Waals surface area (Å²) in [5.74, 6) is -2.43. The molecule has 0 spiro atoms. The summed E-state index contributed by atoms with van der Waals surface area (Å²) < 4.78 is 4.49. The highest BCUT2D eigenvalue weighted by molar-refractivity contribution is 6.23. The van der Waals surface area contributed by atoms with Crippen molar-refractivity contribution in [3.8, 4) is 0 Å². The minimum Gasteiger partial charge on any atom is -0.511 e. The maximum atomic E-state index is 11.6. The van der Waals surface area contributed by atoms with E-state index in [-0.39, 0.29) is 30.6 Å². The van der Waals surface area contributed by atoms with Crippen molar-refractivity contribution < 1.29 is 24.2 Å². The van der Waals surface area contributed by atoms with Gasteiger partial charge in [-0.3, -0.25) is 14.4 Å². The highest BCUT2D eigenvalue weighted by Crippen LogP contribution is 2.26. The van der Waals surface area contributed by atoms with Crippen LogP contribution in [0.3, 0.4) is 0 Å². The van der Waals surface area contributed by atoms with Gasteiger partial charge in [-0.05, 0) is 0 Å². The van der Waals surface area contributed by atoms with Crippen molar-refractivity contribution >= 4 is 17.5 Å². The zero-order chi connectivity index (χ0) is 12.3. The number of hydrogen-bond donors (Lipinski definition) is 1. The second kappa shape index (κ2) is 4.92. The van der Waals surface area contributed by atoms with E-state index < -0.39 is 23.5 Å². The summed E-state index contributed by atoms with van der Waals surface area (Å²) in [6.07, 6.45) is 0.0886. The molecule has 0 unspecified atom stereocenters. The number of allylic oxidation sites excluding steroid dienone is 2. The zero-order valence-electron chi connectivity index (χ0n) is 9.28. The van der Waals surface area contributed by atoms with Crippen molar-refractivity contribution in [1.82, 2.24) is 0 Å². The first-order valence-electron chi connectivity index (χ1n) is 5.07. The third kappa shape index (κ3) is 2.29. The molecule has 88 valence electrons. The molecule has 1 saturated carbocycles. The summed E-state index contributed by atoms with van der Waals surface area (Å²) in [5, 5.41) is 9.43. The Morgan fingerprint density at radius 2 is 1.88 bits per heavy atom. The fourth-order valence-corrected chi connectivity index (χ4v) is 1.71. The maximum absolute atomic E-state index is 11.6.